The summed E-state index contributed by atoms with van der Waals surface area (Å²) in [6, 6.07) is 12.6. The number of β-amino-alcohol motifs (C(OH)–C–C–N with tert-alkyl or cyclic N) is 1. The highest BCUT2D eigenvalue weighted by Crippen LogP contribution is 2.34. The molecule has 3 N–H and O–H groups in total. The van der Waals surface area contributed by atoms with Gasteiger partial charge in [0.25, 0.3) is 5.91 Å². The topological polar surface area (TPSA) is 134 Å². The number of hydrogen-bond acceptors (Lipinski definition) is 8. The fourth-order valence-corrected chi connectivity index (χ4v) is 3.55. The summed E-state index contributed by atoms with van der Waals surface area (Å²) < 4.78 is 11.1. The van der Waals surface area contributed by atoms with Gasteiger partial charge in [0.15, 0.2) is 11.5 Å². The molecule has 0 aliphatic heterocycles. The molecule has 2 amide bonds. The molecule has 0 aromatic heterocycles. The van der Waals surface area contributed by atoms with Gasteiger partial charge in [-0.25, -0.2) is 0 Å². The van der Waals surface area contributed by atoms with Crippen molar-refractivity contribution in [3.8, 4) is 11.5 Å². The third-order valence-corrected chi connectivity index (χ3v) is 6.76. The fourth-order valence-electron chi connectivity index (χ4n) is 3.55. The lowest BCUT2D eigenvalue weighted by molar-refractivity contribution is -0.145. The molecule has 11 heteroatoms. The summed E-state index contributed by atoms with van der Waals surface area (Å²) in [5.41, 5.74) is -1.27. The molecule has 0 heterocycles. The second kappa shape index (κ2) is 15.6. The normalized spacial score (nSPS) is 13.2. The van der Waals surface area contributed by atoms with Crippen molar-refractivity contribution >= 4 is 40.7 Å². The molecule has 0 aliphatic carbocycles. The van der Waals surface area contributed by atoms with Crippen LogP contribution >= 0.6 is 17.0 Å². The number of aliphatic hydroxyl groups excluding tert-OH is 1. The van der Waals surface area contributed by atoms with Gasteiger partial charge in [0.05, 0.1) is 16.9 Å². The second-order valence-electron chi connectivity index (χ2n) is 13.4. The van der Waals surface area contributed by atoms with E-state index in [-0.39, 0.29) is 53.4 Å². The largest absolute Gasteiger partial charge is 0.422 e. The molecule has 244 valence electrons. The summed E-state index contributed by atoms with van der Waals surface area (Å²) in [5.74, 6) is -1.47. The summed E-state index contributed by atoms with van der Waals surface area (Å²) in [6.45, 7) is 16.0. The molecule has 44 heavy (non-hydrogen) atoms. The third kappa shape index (κ3) is 11.3. The molecule has 2 aromatic rings. The number of rotatable bonds is 11. The van der Waals surface area contributed by atoms with Gasteiger partial charge >= 0.3 is 11.9 Å². The van der Waals surface area contributed by atoms with Gasteiger partial charge in [-0.15, -0.1) is 17.0 Å². The molecule has 2 atom stereocenters. The Hall–Kier alpha value is -3.28. The molecule has 0 saturated heterocycles. The Morgan fingerprint density at radius 1 is 0.841 bits per heavy atom. The number of aliphatic hydroxyl groups is 1. The van der Waals surface area contributed by atoms with Gasteiger partial charge in [-0.3, -0.25) is 19.2 Å². The molecular formula is C33H48BrN3O7. The number of carbonyl (C=O) groups excluding carboxylic acids is 4. The number of esters is 2. The number of hydrogen-bond donors (Lipinski definition) is 3. The lowest BCUT2D eigenvalue weighted by atomic mass is 9.97. The lowest BCUT2D eigenvalue weighted by Crippen LogP contribution is -2.53. The molecule has 2 rings (SSSR count). The zero-order valence-corrected chi connectivity index (χ0v) is 29.2. The van der Waals surface area contributed by atoms with Gasteiger partial charge in [-0.2, -0.15) is 0 Å². The van der Waals surface area contributed by atoms with Crippen molar-refractivity contribution in [2.24, 2.45) is 10.8 Å². The van der Waals surface area contributed by atoms with Gasteiger partial charge in [-0.1, -0.05) is 24.3 Å². The van der Waals surface area contributed by atoms with Crippen LogP contribution in [0.25, 0.3) is 0 Å². The van der Waals surface area contributed by atoms with Crippen molar-refractivity contribution in [3.05, 3.63) is 59.7 Å². The predicted molar refractivity (Wildman–Crippen MR) is 175 cm³/mol. The molecule has 0 aliphatic rings. The van der Waals surface area contributed by atoms with E-state index in [1.807, 2.05) is 19.9 Å². The van der Waals surface area contributed by atoms with Gasteiger partial charge in [0.2, 0.25) is 5.91 Å². The SMILES string of the molecule is Br.CC(C(=O)NCC(C)(C)NCC(O)c1ccc(OC(=O)C(C)(C)C)c(OC(=O)C(C)(C)C)c1)N(C)C(=O)c1ccccc1. The molecular weight excluding hydrogens is 630 g/mol. The van der Waals surface area contributed by atoms with E-state index in [0.29, 0.717) is 11.1 Å². The van der Waals surface area contributed by atoms with Crippen molar-refractivity contribution in [2.45, 2.75) is 80.0 Å². The number of benzene rings is 2. The van der Waals surface area contributed by atoms with Crippen LogP contribution in [0.15, 0.2) is 48.5 Å². The minimum absolute atomic E-state index is 0. The van der Waals surface area contributed by atoms with Crippen LogP contribution < -0.4 is 20.1 Å². The monoisotopic (exact) mass is 677 g/mol. The molecule has 0 fully saturated rings. The minimum Gasteiger partial charge on any atom is -0.422 e. The maximum Gasteiger partial charge on any atom is 0.316 e. The van der Waals surface area contributed by atoms with E-state index < -0.39 is 40.5 Å². The first-order chi connectivity index (χ1) is 19.7. The second-order valence-corrected chi connectivity index (χ2v) is 13.4. The van der Waals surface area contributed by atoms with Gasteiger partial charge in [0, 0.05) is 31.2 Å². The van der Waals surface area contributed by atoms with Gasteiger partial charge in [-0.05, 0) is 92.1 Å². The summed E-state index contributed by atoms with van der Waals surface area (Å²) >= 11 is 0. The van der Waals surface area contributed by atoms with E-state index in [4.69, 9.17) is 9.47 Å². The van der Waals surface area contributed by atoms with Crippen LogP contribution in [0.2, 0.25) is 0 Å². The zero-order chi connectivity index (χ0) is 32.8. The number of nitrogens with one attached hydrogen (secondary N) is 2. The van der Waals surface area contributed by atoms with Crippen molar-refractivity contribution < 1.29 is 33.8 Å². The minimum atomic E-state index is -1.01. The first-order valence-corrected chi connectivity index (χ1v) is 14.3. The third-order valence-electron chi connectivity index (χ3n) is 6.76. The van der Waals surface area contributed by atoms with Crippen LogP contribution in [0, 0.1) is 10.8 Å². The molecule has 2 unspecified atom stereocenters. The summed E-state index contributed by atoms with van der Waals surface area (Å²) in [4.78, 5) is 52.1. The Morgan fingerprint density at radius 2 is 1.36 bits per heavy atom. The molecule has 0 bridgehead atoms. The highest BCUT2D eigenvalue weighted by Gasteiger charge is 2.30. The number of carbonyl (C=O) groups is 4. The number of amides is 2. The van der Waals surface area contributed by atoms with Gasteiger partial charge < -0.3 is 30.1 Å². The van der Waals surface area contributed by atoms with E-state index in [9.17, 15) is 24.3 Å². The zero-order valence-electron chi connectivity index (χ0n) is 27.4. The first kappa shape index (κ1) is 38.7. The van der Waals surface area contributed by atoms with E-state index in [1.54, 1.807) is 85.8 Å². The number of ether oxygens (including phenoxy) is 2. The van der Waals surface area contributed by atoms with Crippen LogP contribution in [0.3, 0.4) is 0 Å². The number of halogens is 1. The molecule has 0 spiro atoms. The van der Waals surface area contributed by atoms with E-state index in [2.05, 4.69) is 10.6 Å². The molecule has 0 radical (unpaired) electrons. The molecule has 0 saturated carbocycles. The Kier molecular flexibility index (Phi) is 13.8. The summed E-state index contributed by atoms with van der Waals surface area (Å²) in [6.07, 6.45) is -1.01. The molecule has 10 nitrogen and oxygen atoms in total. The Bertz CT molecular complexity index is 1300. The maximum absolute atomic E-state index is 12.8. The van der Waals surface area contributed by atoms with Crippen molar-refractivity contribution in [1.82, 2.24) is 15.5 Å². The van der Waals surface area contributed by atoms with E-state index >= 15 is 0 Å². The molecule has 2 aromatic carbocycles. The summed E-state index contributed by atoms with van der Waals surface area (Å²) in [7, 11) is 1.59. The highest BCUT2D eigenvalue weighted by atomic mass is 79.9. The Labute approximate surface area is 271 Å². The standard InChI is InChI=1S/C33H47N3O7.BrH/c1-21(36(10)28(39)22-14-12-11-13-15-22)27(38)34-20-33(8,9)35-19-24(37)23-16-17-25(42-29(40)31(2,3)4)26(18-23)43-30(41)32(5,6)7;/h11-18,21,24,35,37H,19-20H2,1-10H3,(H,34,38);1H. The van der Waals surface area contributed by atoms with Crippen molar-refractivity contribution in [3.63, 3.8) is 0 Å². The smallest absolute Gasteiger partial charge is 0.316 e. The van der Waals surface area contributed by atoms with Crippen LogP contribution in [0.4, 0.5) is 0 Å². The highest BCUT2D eigenvalue weighted by molar-refractivity contribution is 8.93. The fraction of sp³-hybridized carbons (Fsp3) is 0.515. The van der Waals surface area contributed by atoms with Crippen LogP contribution in [-0.2, 0) is 14.4 Å². The average Bonchev–Trinajstić information content (AvgIpc) is 2.93. The van der Waals surface area contributed by atoms with E-state index in [0.717, 1.165) is 0 Å². The van der Waals surface area contributed by atoms with Crippen molar-refractivity contribution in [2.75, 3.05) is 20.1 Å². The van der Waals surface area contributed by atoms with Crippen LogP contribution in [0.5, 0.6) is 11.5 Å². The predicted octanol–water partition coefficient (Wildman–Crippen LogP) is 4.85. The number of likely N-dealkylation sites (N-methyl/N-ethyl adjacent to an activating group) is 1. The lowest BCUT2D eigenvalue weighted by Gasteiger charge is -2.30. The maximum atomic E-state index is 12.8. The summed E-state index contributed by atoms with van der Waals surface area (Å²) in [5, 5.41) is 17.1. The van der Waals surface area contributed by atoms with Crippen molar-refractivity contribution in [1.29, 1.82) is 0 Å². The quantitative estimate of drug-likeness (QED) is 0.227. The average molecular weight is 679 g/mol. The van der Waals surface area contributed by atoms with Crippen LogP contribution in [-0.4, -0.2) is 65.5 Å². The Morgan fingerprint density at radius 3 is 1.89 bits per heavy atom. The van der Waals surface area contributed by atoms with Gasteiger partial charge in [0.1, 0.15) is 6.04 Å². The number of nitrogens with zero attached hydrogens (tertiary/aromatic N) is 1. The first-order valence-electron chi connectivity index (χ1n) is 14.3. The Balaban J connectivity index is 0.00000968. The van der Waals surface area contributed by atoms with Crippen LogP contribution in [0.1, 0.15) is 84.3 Å². The van der Waals surface area contributed by atoms with E-state index in [1.165, 1.54) is 17.0 Å².